The Labute approximate surface area is 145 Å². The first-order valence-corrected chi connectivity index (χ1v) is 8.53. The molecule has 0 aliphatic heterocycles. The second-order valence-corrected chi connectivity index (χ2v) is 6.75. The lowest BCUT2D eigenvalue weighted by molar-refractivity contribution is 0.221. The first-order valence-electron chi connectivity index (χ1n) is 7.65. The summed E-state index contributed by atoms with van der Waals surface area (Å²) in [7, 11) is 5.66. The molecule has 124 valence electrons. The number of pyridine rings is 1. The number of urea groups is 1. The van der Waals surface area contributed by atoms with Gasteiger partial charge in [-0.15, -0.1) is 11.3 Å². The number of benzene rings is 1. The topological polar surface area (TPSA) is 48.5 Å². The third kappa shape index (κ3) is 3.49. The van der Waals surface area contributed by atoms with Crippen molar-refractivity contribution in [2.75, 3.05) is 31.4 Å². The van der Waals surface area contributed by atoms with E-state index < -0.39 is 0 Å². The molecule has 0 unspecified atom stereocenters. The molecule has 1 N–H and O–H groups in total. The zero-order valence-corrected chi connectivity index (χ0v) is 14.8. The van der Waals surface area contributed by atoms with Crippen molar-refractivity contribution >= 4 is 39.0 Å². The smallest absolute Gasteiger partial charge is 0.321 e. The van der Waals surface area contributed by atoms with E-state index in [0.29, 0.717) is 12.2 Å². The van der Waals surface area contributed by atoms with Gasteiger partial charge in [0.2, 0.25) is 0 Å². The highest BCUT2D eigenvalue weighted by Crippen LogP contribution is 2.26. The predicted molar refractivity (Wildman–Crippen MR) is 101 cm³/mol. The van der Waals surface area contributed by atoms with Crippen molar-refractivity contribution in [1.29, 1.82) is 0 Å². The van der Waals surface area contributed by atoms with Gasteiger partial charge in [-0.2, -0.15) is 0 Å². The highest BCUT2D eigenvalue weighted by Gasteiger charge is 2.12. The van der Waals surface area contributed by atoms with Crippen molar-refractivity contribution in [2.45, 2.75) is 6.54 Å². The number of amides is 2. The van der Waals surface area contributed by atoms with Gasteiger partial charge in [0, 0.05) is 32.4 Å². The molecule has 6 heteroatoms. The van der Waals surface area contributed by atoms with Crippen molar-refractivity contribution in [3.8, 4) is 0 Å². The fourth-order valence-electron chi connectivity index (χ4n) is 2.43. The van der Waals surface area contributed by atoms with Crippen molar-refractivity contribution in [3.63, 3.8) is 0 Å². The number of carbonyl (C=O) groups is 1. The van der Waals surface area contributed by atoms with Crippen LogP contribution in [0.25, 0.3) is 10.1 Å². The molecule has 2 aromatic heterocycles. The molecule has 0 bridgehead atoms. The van der Waals surface area contributed by atoms with Gasteiger partial charge in [-0.1, -0.05) is 18.2 Å². The maximum absolute atomic E-state index is 12.4. The number of nitrogens with one attached hydrogen (secondary N) is 1. The van der Waals surface area contributed by atoms with E-state index in [1.54, 1.807) is 29.5 Å². The second kappa shape index (κ2) is 6.88. The van der Waals surface area contributed by atoms with Gasteiger partial charge in [-0.05, 0) is 34.5 Å². The first-order chi connectivity index (χ1) is 11.5. The lowest BCUT2D eigenvalue weighted by Gasteiger charge is -2.18. The Hall–Kier alpha value is -2.60. The predicted octanol–water partition coefficient (Wildman–Crippen LogP) is 4.03. The summed E-state index contributed by atoms with van der Waals surface area (Å²) >= 11 is 1.70. The highest BCUT2D eigenvalue weighted by molar-refractivity contribution is 7.17. The molecular formula is C18H20N4OS. The SMILES string of the molecule is CN(Cc1csc2ccccc12)C(=O)Nc1ccc(N(C)C)nc1. The zero-order chi connectivity index (χ0) is 17.1. The van der Waals surface area contributed by atoms with Gasteiger partial charge in [0.05, 0.1) is 11.9 Å². The largest absolute Gasteiger partial charge is 0.363 e. The van der Waals surface area contributed by atoms with Gasteiger partial charge < -0.3 is 15.1 Å². The molecule has 0 aliphatic rings. The van der Waals surface area contributed by atoms with E-state index >= 15 is 0 Å². The summed E-state index contributed by atoms with van der Waals surface area (Å²) in [5.74, 6) is 0.853. The zero-order valence-electron chi connectivity index (χ0n) is 14.0. The molecule has 5 nitrogen and oxygen atoms in total. The number of fused-ring (bicyclic) bond motifs is 1. The number of carbonyl (C=O) groups excluding carboxylic acids is 1. The van der Waals surface area contributed by atoms with E-state index in [2.05, 4.69) is 27.8 Å². The summed E-state index contributed by atoms with van der Waals surface area (Å²) < 4.78 is 1.24. The molecule has 0 atom stereocenters. The van der Waals surface area contributed by atoms with E-state index in [9.17, 15) is 4.79 Å². The van der Waals surface area contributed by atoms with Gasteiger partial charge in [-0.25, -0.2) is 9.78 Å². The van der Waals surface area contributed by atoms with Gasteiger partial charge >= 0.3 is 6.03 Å². The molecule has 24 heavy (non-hydrogen) atoms. The Morgan fingerprint density at radius 1 is 1.17 bits per heavy atom. The minimum absolute atomic E-state index is 0.148. The van der Waals surface area contributed by atoms with Crippen molar-refractivity contribution in [1.82, 2.24) is 9.88 Å². The lowest BCUT2D eigenvalue weighted by atomic mass is 10.2. The molecule has 1 aromatic carbocycles. The second-order valence-electron chi connectivity index (χ2n) is 5.84. The van der Waals surface area contributed by atoms with Crippen LogP contribution in [0.2, 0.25) is 0 Å². The number of rotatable bonds is 4. The number of anilines is 2. The fourth-order valence-corrected chi connectivity index (χ4v) is 3.38. The Morgan fingerprint density at radius 2 is 1.96 bits per heavy atom. The van der Waals surface area contributed by atoms with Crippen molar-refractivity contribution < 1.29 is 4.79 Å². The van der Waals surface area contributed by atoms with Crippen molar-refractivity contribution in [2.24, 2.45) is 0 Å². The number of thiophene rings is 1. The molecule has 0 fully saturated rings. The van der Waals surface area contributed by atoms with E-state index in [1.807, 2.05) is 43.3 Å². The van der Waals surface area contributed by atoms with E-state index in [-0.39, 0.29) is 6.03 Å². The van der Waals surface area contributed by atoms with Crippen LogP contribution in [-0.2, 0) is 6.54 Å². The van der Waals surface area contributed by atoms with Crippen LogP contribution in [-0.4, -0.2) is 37.1 Å². The number of hydrogen-bond acceptors (Lipinski definition) is 4. The number of hydrogen-bond donors (Lipinski definition) is 1. The number of nitrogens with zero attached hydrogens (tertiary/aromatic N) is 3. The van der Waals surface area contributed by atoms with Crippen LogP contribution in [0.1, 0.15) is 5.56 Å². The van der Waals surface area contributed by atoms with Crippen molar-refractivity contribution in [3.05, 3.63) is 53.5 Å². The summed E-state index contributed by atoms with van der Waals surface area (Å²) in [6.45, 7) is 0.569. The molecule has 0 radical (unpaired) electrons. The molecule has 2 heterocycles. The third-order valence-electron chi connectivity index (χ3n) is 3.77. The van der Waals surface area contributed by atoms with Crippen LogP contribution < -0.4 is 10.2 Å². The summed E-state index contributed by atoms with van der Waals surface area (Å²) in [5, 5.41) is 6.20. The van der Waals surface area contributed by atoms with Gasteiger partial charge in [0.15, 0.2) is 0 Å². The Bertz CT molecular complexity index is 842. The molecule has 3 aromatic rings. The summed E-state index contributed by atoms with van der Waals surface area (Å²) in [6.07, 6.45) is 1.67. The highest BCUT2D eigenvalue weighted by atomic mass is 32.1. The molecule has 0 saturated carbocycles. The fraction of sp³-hybridized carbons (Fsp3) is 0.222. The Morgan fingerprint density at radius 3 is 2.67 bits per heavy atom. The summed E-state index contributed by atoms with van der Waals surface area (Å²) in [5.41, 5.74) is 1.85. The van der Waals surface area contributed by atoms with Crippen LogP contribution in [0.3, 0.4) is 0 Å². The molecule has 0 saturated heterocycles. The Kier molecular flexibility index (Phi) is 4.66. The minimum Gasteiger partial charge on any atom is -0.363 e. The van der Waals surface area contributed by atoms with Gasteiger partial charge in [-0.3, -0.25) is 0 Å². The molecule has 0 spiro atoms. The van der Waals surface area contributed by atoms with Gasteiger partial charge in [0.1, 0.15) is 5.82 Å². The normalized spacial score (nSPS) is 10.6. The molecular weight excluding hydrogens is 320 g/mol. The Balaban J connectivity index is 1.66. The van der Waals surface area contributed by atoms with Gasteiger partial charge in [0.25, 0.3) is 0 Å². The lowest BCUT2D eigenvalue weighted by Crippen LogP contribution is -2.30. The molecule has 0 aliphatic carbocycles. The summed E-state index contributed by atoms with van der Waals surface area (Å²) in [6, 6.07) is 11.8. The standard InChI is InChI=1S/C18H20N4OS/c1-21(2)17-9-8-14(10-19-17)20-18(23)22(3)11-13-12-24-16-7-5-4-6-15(13)16/h4-10,12H,11H2,1-3H3,(H,20,23). The van der Waals surface area contributed by atoms with E-state index in [0.717, 1.165) is 11.4 Å². The molecule has 3 rings (SSSR count). The number of aromatic nitrogens is 1. The summed E-state index contributed by atoms with van der Waals surface area (Å²) in [4.78, 5) is 20.3. The maximum Gasteiger partial charge on any atom is 0.321 e. The average Bonchev–Trinajstić information content (AvgIpc) is 2.98. The first kappa shape index (κ1) is 16.3. The van der Waals surface area contributed by atoms with Crippen LogP contribution in [0, 0.1) is 0 Å². The van der Waals surface area contributed by atoms with E-state index in [4.69, 9.17) is 0 Å². The third-order valence-corrected chi connectivity index (χ3v) is 4.79. The van der Waals surface area contributed by atoms with E-state index in [1.165, 1.54) is 10.1 Å². The van der Waals surface area contributed by atoms with Crippen LogP contribution in [0.15, 0.2) is 48.0 Å². The molecule has 2 amide bonds. The van der Waals surface area contributed by atoms with Crippen LogP contribution in [0.5, 0.6) is 0 Å². The maximum atomic E-state index is 12.4. The minimum atomic E-state index is -0.148. The van der Waals surface area contributed by atoms with Crippen LogP contribution in [0.4, 0.5) is 16.3 Å². The quantitative estimate of drug-likeness (QED) is 0.780. The van der Waals surface area contributed by atoms with Crippen LogP contribution >= 0.6 is 11.3 Å². The monoisotopic (exact) mass is 340 g/mol. The average molecular weight is 340 g/mol.